The number of piperazine rings is 1. The van der Waals surface area contributed by atoms with Crippen LogP contribution in [0.3, 0.4) is 0 Å². The Hall–Kier alpha value is -3.91. The fraction of sp³-hybridized carbons (Fsp3) is 0.360. The molecule has 0 spiro atoms. The van der Waals surface area contributed by atoms with E-state index in [1.807, 2.05) is 36.1 Å². The standard InChI is InChI=1S/C23H26N4O2.C2HF3O2/c1-18-2-4-20(5-3-18)17-27(13-10-22(28)26-14-11-25-12-15-26)23(29)21-8-6-19(16-24)7-9-21;3-2(4,5)1(6)7/h2-9,25H,10-15,17H2,1H3;(H,6,7). The van der Waals surface area contributed by atoms with E-state index in [1.54, 1.807) is 29.2 Å². The Balaban J connectivity index is 0.000000572. The Morgan fingerprint density at radius 2 is 1.61 bits per heavy atom. The van der Waals surface area contributed by atoms with Gasteiger partial charge in [-0.2, -0.15) is 18.4 Å². The number of alkyl halides is 3. The zero-order chi connectivity index (χ0) is 26.7. The number of carbonyl (C=O) groups is 3. The molecule has 1 aliphatic heterocycles. The van der Waals surface area contributed by atoms with Gasteiger partial charge in [0.25, 0.3) is 5.91 Å². The van der Waals surface area contributed by atoms with Gasteiger partial charge in [0, 0.05) is 51.3 Å². The monoisotopic (exact) mass is 504 g/mol. The highest BCUT2D eigenvalue weighted by Gasteiger charge is 2.38. The van der Waals surface area contributed by atoms with Gasteiger partial charge in [0.2, 0.25) is 5.91 Å². The molecular weight excluding hydrogens is 477 g/mol. The topological polar surface area (TPSA) is 114 Å². The van der Waals surface area contributed by atoms with Gasteiger partial charge >= 0.3 is 12.1 Å². The SMILES string of the molecule is Cc1ccc(CN(CCC(=O)N2CCNCC2)C(=O)c2ccc(C#N)cc2)cc1.O=C(O)C(F)(F)F. The van der Waals surface area contributed by atoms with Gasteiger partial charge in [-0.05, 0) is 36.8 Å². The van der Waals surface area contributed by atoms with Crippen molar-refractivity contribution in [2.75, 3.05) is 32.7 Å². The molecule has 2 aromatic carbocycles. The molecule has 1 saturated heterocycles. The Morgan fingerprint density at radius 1 is 1.06 bits per heavy atom. The summed E-state index contributed by atoms with van der Waals surface area (Å²) in [6.07, 6.45) is -4.78. The lowest BCUT2D eigenvalue weighted by Gasteiger charge is -2.29. The number of aryl methyl sites for hydroxylation is 1. The van der Waals surface area contributed by atoms with E-state index in [0.29, 0.717) is 43.7 Å². The summed E-state index contributed by atoms with van der Waals surface area (Å²) in [5.74, 6) is -2.82. The van der Waals surface area contributed by atoms with E-state index in [4.69, 9.17) is 15.2 Å². The van der Waals surface area contributed by atoms with Crippen LogP contribution in [0.15, 0.2) is 48.5 Å². The van der Waals surface area contributed by atoms with Crippen molar-refractivity contribution >= 4 is 17.8 Å². The van der Waals surface area contributed by atoms with Crippen molar-refractivity contribution in [2.45, 2.75) is 26.1 Å². The lowest BCUT2D eigenvalue weighted by molar-refractivity contribution is -0.192. The summed E-state index contributed by atoms with van der Waals surface area (Å²) in [5.41, 5.74) is 3.21. The number of carbonyl (C=O) groups excluding carboxylic acids is 2. The number of hydrogen-bond acceptors (Lipinski definition) is 5. The highest BCUT2D eigenvalue weighted by molar-refractivity contribution is 5.94. The molecule has 0 bridgehead atoms. The van der Waals surface area contributed by atoms with Crippen LogP contribution in [0.2, 0.25) is 0 Å². The summed E-state index contributed by atoms with van der Waals surface area (Å²) < 4.78 is 31.7. The third-order valence-electron chi connectivity index (χ3n) is 5.35. The highest BCUT2D eigenvalue weighted by atomic mass is 19.4. The zero-order valence-electron chi connectivity index (χ0n) is 19.7. The Kier molecular flexibility index (Phi) is 10.4. The summed E-state index contributed by atoms with van der Waals surface area (Å²) in [7, 11) is 0. The summed E-state index contributed by atoms with van der Waals surface area (Å²) in [6.45, 7) is 5.85. The van der Waals surface area contributed by atoms with Gasteiger partial charge < -0.3 is 20.2 Å². The van der Waals surface area contributed by atoms with Crippen LogP contribution in [0.25, 0.3) is 0 Å². The van der Waals surface area contributed by atoms with Crippen molar-refractivity contribution in [2.24, 2.45) is 0 Å². The molecule has 192 valence electrons. The number of rotatable bonds is 6. The minimum Gasteiger partial charge on any atom is -0.475 e. The molecule has 2 aromatic rings. The minimum atomic E-state index is -5.08. The molecule has 0 aromatic heterocycles. The average Bonchev–Trinajstić information content (AvgIpc) is 2.87. The first-order valence-corrected chi connectivity index (χ1v) is 11.1. The van der Waals surface area contributed by atoms with Crippen LogP contribution >= 0.6 is 0 Å². The molecule has 8 nitrogen and oxygen atoms in total. The zero-order valence-corrected chi connectivity index (χ0v) is 19.7. The van der Waals surface area contributed by atoms with E-state index in [9.17, 15) is 22.8 Å². The summed E-state index contributed by atoms with van der Waals surface area (Å²) in [4.78, 5) is 38.1. The third-order valence-corrected chi connectivity index (χ3v) is 5.35. The maximum atomic E-state index is 13.1. The number of nitriles is 1. The normalized spacial score (nSPS) is 13.1. The lowest BCUT2D eigenvalue weighted by atomic mass is 10.1. The highest BCUT2D eigenvalue weighted by Crippen LogP contribution is 2.14. The van der Waals surface area contributed by atoms with Gasteiger partial charge in [-0.25, -0.2) is 4.79 Å². The summed E-state index contributed by atoms with van der Waals surface area (Å²) in [6, 6.07) is 16.7. The number of benzene rings is 2. The van der Waals surface area contributed by atoms with Crippen LogP contribution in [-0.4, -0.2) is 71.6 Å². The smallest absolute Gasteiger partial charge is 0.475 e. The number of hydrogen-bond donors (Lipinski definition) is 2. The molecule has 2 amide bonds. The molecule has 0 saturated carbocycles. The molecule has 0 radical (unpaired) electrons. The van der Waals surface area contributed by atoms with Crippen molar-refractivity contribution in [3.8, 4) is 6.07 Å². The molecule has 0 unspecified atom stereocenters. The number of amides is 2. The van der Waals surface area contributed by atoms with Crippen LogP contribution in [-0.2, 0) is 16.1 Å². The minimum absolute atomic E-state index is 0.0769. The van der Waals surface area contributed by atoms with Crippen molar-refractivity contribution in [3.63, 3.8) is 0 Å². The van der Waals surface area contributed by atoms with Crippen LogP contribution in [0.1, 0.15) is 33.5 Å². The second kappa shape index (κ2) is 13.3. The van der Waals surface area contributed by atoms with E-state index < -0.39 is 12.1 Å². The maximum absolute atomic E-state index is 13.1. The second-order valence-corrected chi connectivity index (χ2v) is 8.09. The molecule has 1 aliphatic rings. The first-order valence-electron chi connectivity index (χ1n) is 11.1. The third kappa shape index (κ3) is 9.03. The molecule has 3 rings (SSSR count). The second-order valence-electron chi connectivity index (χ2n) is 8.09. The Bertz CT molecular complexity index is 1070. The maximum Gasteiger partial charge on any atom is 0.490 e. The largest absolute Gasteiger partial charge is 0.490 e. The average molecular weight is 505 g/mol. The first kappa shape index (κ1) is 28.3. The molecule has 2 N–H and O–H groups in total. The van der Waals surface area contributed by atoms with Crippen molar-refractivity contribution in [3.05, 3.63) is 70.8 Å². The van der Waals surface area contributed by atoms with Gasteiger partial charge in [-0.3, -0.25) is 9.59 Å². The van der Waals surface area contributed by atoms with E-state index in [0.717, 1.165) is 24.2 Å². The predicted molar refractivity (Wildman–Crippen MR) is 125 cm³/mol. The lowest BCUT2D eigenvalue weighted by Crippen LogP contribution is -2.47. The summed E-state index contributed by atoms with van der Waals surface area (Å²) >= 11 is 0. The molecular formula is C25H27F3N4O4. The van der Waals surface area contributed by atoms with Crippen molar-refractivity contribution in [1.29, 1.82) is 5.26 Å². The van der Waals surface area contributed by atoms with Crippen LogP contribution in [0, 0.1) is 18.3 Å². The first-order chi connectivity index (χ1) is 17.0. The number of aliphatic carboxylic acids is 1. The van der Waals surface area contributed by atoms with E-state index in [2.05, 4.69) is 11.4 Å². The molecule has 0 aliphatic carbocycles. The molecule has 11 heteroatoms. The number of carboxylic acid groups (broad SMARTS) is 1. The molecule has 36 heavy (non-hydrogen) atoms. The fourth-order valence-corrected chi connectivity index (χ4v) is 3.34. The quantitative estimate of drug-likeness (QED) is 0.626. The van der Waals surface area contributed by atoms with Crippen LogP contribution in [0.5, 0.6) is 0 Å². The van der Waals surface area contributed by atoms with Gasteiger partial charge in [-0.1, -0.05) is 29.8 Å². The number of nitrogens with zero attached hydrogens (tertiary/aromatic N) is 3. The Morgan fingerprint density at radius 3 is 2.11 bits per heavy atom. The fourth-order valence-electron chi connectivity index (χ4n) is 3.34. The van der Waals surface area contributed by atoms with E-state index >= 15 is 0 Å². The van der Waals surface area contributed by atoms with E-state index in [-0.39, 0.29) is 11.8 Å². The van der Waals surface area contributed by atoms with Crippen molar-refractivity contribution in [1.82, 2.24) is 15.1 Å². The predicted octanol–water partition coefficient (Wildman–Crippen LogP) is 2.96. The van der Waals surface area contributed by atoms with Crippen LogP contribution < -0.4 is 5.32 Å². The van der Waals surface area contributed by atoms with Gasteiger partial charge in [0.1, 0.15) is 0 Å². The van der Waals surface area contributed by atoms with Gasteiger partial charge in [0.15, 0.2) is 0 Å². The van der Waals surface area contributed by atoms with Gasteiger partial charge in [-0.15, -0.1) is 0 Å². The summed E-state index contributed by atoms with van der Waals surface area (Å²) in [5, 5.41) is 19.3. The van der Waals surface area contributed by atoms with Crippen LogP contribution in [0.4, 0.5) is 13.2 Å². The number of nitrogens with one attached hydrogen (secondary N) is 1. The van der Waals surface area contributed by atoms with Crippen molar-refractivity contribution < 1.29 is 32.7 Å². The number of carboxylic acids is 1. The number of halogens is 3. The van der Waals surface area contributed by atoms with E-state index in [1.165, 1.54) is 0 Å². The molecule has 1 fully saturated rings. The molecule has 1 heterocycles. The Labute approximate surface area is 206 Å². The molecule has 0 atom stereocenters. The van der Waals surface area contributed by atoms with Gasteiger partial charge in [0.05, 0.1) is 11.6 Å².